The van der Waals surface area contributed by atoms with E-state index in [-0.39, 0.29) is 17.9 Å². The zero-order valence-corrected chi connectivity index (χ0v) is 17.3. The first-order valence-corrected chi connectivity index (χ1v) is 10.1. The van der Waals surface area contributed by atoms with Crippen LogP contribution in [0.25, 0.3) is 21.5 Å². The van der Waals surface area contributed by atoms with E-state index in [9.17, 15) is 9.59 Å². The summed E-state index contributed by atoms with van der Waals surface area (Å²) in [5.41, 5.74) is 1.60. The zero-order valence-electron chi connectivity index (χ0n) is 17.3. The van der Waals surface area contributed by atoms with Gasteiger partial charge in [-0.2, -0.15) is 0 Å². The van der Waals surface area contributed by atoms with E-state index in [1.807, 2.05) is 85.7 Å². The Labute approximate surface area is 175 Å². The van der Waals surface area contributed by atoms with E-state index >= 15 is 0 Å². The van der Waals surface area contributed by atoms with Crippen LogP contribution in [-0.4, -0.2) is 36.0 Å². The van der Waals surface area contributed by atoms with Gasteiger partial charge in [-0.3, -0.25) is 9.59 Å². The lowest BCUT2D eigenvalue weighted by Gasteiger charge is -2.13. The quantitative estimate of drug-likeness (QED) is 0.535. The molecular formula is C25H25N3O2. The summed E-state index contributed by atoms with van der Waals surface area (Å²) in [4.78, 5) is 27.7. The number of benzene rings is 3. The van der Waals surface area contributed by atoms with E-state index in [1.54, 1.807) is 10.8 Å². The maximum atomic E-state index is 12.8. The Morgan fingerprint density at radius 3 is 2.47 bits per heavy atom. The van der Waals surface area contributed by atoms with Crippen molar-refractivity contribution in [3.63, 3.8) is 0 Å². The molecule has 0 aliphatic carbocycles. The number of amides is 1. The number of carbonyl (C=O) groups excluding carboxylic acids is 1. The largest absolute Gasteiger partial charge is 0.325 e. The van der Waals surface area contributed by atoms with Gasteiger partial charge in [0.05, 0.1) is 6.42 Å². The first-order chi connectivity index (χ1) is 14.5. The van der Waals surface area contributed by atoms with Gasteiger partial charge in [0.1, 0.15) is 0 Å². The van der Waals surface area contributed by atoms with Gasteiger partial charge < -0.3 is 14.8 Å². The number of carbonyl (C=O) groups is 1. The molecule has 5 nitrogen and oxygen atoms in total. The maximum absolute atomic E-state index is 12.8. The Balaban J connectivity index is 1.59. The fraction of sp³-hybridized carbons (Fsp3) is 0.200. The van der Waals surface area contributed by atoms with Crippen molar-refractivity contribution in [3.8, 4) is 0 Å². The number of fused-ring (bicyclic) bond motifs is 2. The Morgan fingerprint density at radius 2 is 1.63 bits per heavy atom. The highest BCUT2D eigenvalue weighted by atomic mass is 16.1. The number of rotatable bonds is 6. The molecule has 4 aromatic rings. The molecule has 0 fully saturated rings. The summed E-state index contributed by atoms with van der Waals surface area (Å²) in [7, 11) is 3.96. The molecule has 0 atom stereocenters. The molecule has 1 N–H and O–H groups in total. The van der Waals surface area contributed by atoms with E-state index in [0.717, 1.165) is 28.3 Å². The standard InChI is InChI=1S/C25H25N3O2/c1-27(2)15-16-28-14-13-21-22(25(28)30)11-6-12-23(21)26-24(29)17-19-9-5-8-18-7-3-4-10-20(18)19/h3-14H,15-17H2,1-2H3,(H,26,29). The first-order valence-electron chi connectivity index (χ1n) is 10.1. The van der Waals surface area contributed by atoms with Crippen molar-refractivity contribution in [1.82, 2.24) is 9.47 Å². The number of hydrogen-bond acceptors (Lipinski definition) is 3. The van der Waals surface area contributed by atoms with E-state index in [1.165, 1.54) is 0 Å². The molecule has 3 aromatic carbocycles. The third kappa shape index (κ3) is 4.11. The van der Waals surface area contributed by atoms with E-state index in [0.29, 0.717) is 17.6 Å². The molecule has 0 saturated carbocycles. The number of nitrogens with one attached hydrogen (secondary N) is 1. The Kier molecular flexibility index (Phi) is 5.63. The molecular weight excluding hydrogens is 374 g/mol. The average molecular weight is 399 g/mol. The molecule has 0 unspecified atom stereocenters. The second-order valence-electron chi connectivity index (χ2n) is 7.75. The van der Waals surface area contributed by atoms with Gasteiger partial charge in [-0.1, -0.05) is 48.5 Å². The molecule has 0 spiro atoms. The molecule has 0 aliphatic rings. The van der Waals surface area contributed by atoms with E-state index in [4.69, 9.17) is 0 Å². The maximum Gasteiger partial charge on any atom is 0.258 e. The summed E-state index contributed by atoms with van der Waals surface area (Å²) in [6.45, 7) is 1.41. The Hall–Kier alpha value is -3.44. The Morgan fingerprint density at radius 1 is 0.900 bits per heavy atom. The normalized spacial score (nSPS) is 11.3. The number of anilines is 1. The highest BCUT2D eigenvalue weighted by molar-refractivity contribution is 6.03. The number of nitrogens with zero attached hydrogens (tertiary/aromatic N) is 2. The summed E-state index contributed by atoms with van der Waals surface area (Å²) in [6, 6.07) is 21.4. The number of hydrogen-bond donors (Lipinski definition) is 1. The second kappa shape index (κ2) is 8.51. The SMILES string of the molecule is CN(C)CCn1ccc2c(NC(=O)Cc3cccc4ccccc34)cccc2c1=O. The highest BCUT2D eigenvalue weighted by Crippen LogP contribution is 2.23. The summed E-state index contributed by atoms with van der Waals surface area (Å²) in [5, 5.41) is 6.57. The first kappa shape index (κ1) is 19.9. The third-order valence-corrected chi connectivity index (χ3v) is 5.31. The summed E-state index contributed by atoms with van der Waals surface area (Å²) in [5.74, 6) is -0.101. The molecule has 4 rings (SSSR count). The van der Waals surface area contributed by atoms with Gasteiger partial charge in [0.15, 0.2) is 0 Å². The van der Waals surface area contributed by atoms with Crippen molar-refractivity contribution in [2.45, 2.75) is 13.0 Å². The topological polar surface area (TPSA) is 54.3 Å². The fourth-order valence-electron chi connectivity index (χ4n) is 3.73. The molecule has 0 aliphatic heterocycles. The predicted octanol–water partition coefficient (Wildman–Crippen LogP) is 3.90. The molecule has 0 bridgehead atoms. The van der Waals surface area contributed by atoms with Gasteiger partial charge in [-0.25, -0.2) is 0 Å². The van der Waals surface area contributed by atoms with Gasteiger partial charge in [0, 0.05) is 35.7 Å². The van der Waals surface area contributed by atoms with Crippen molar-refractivity contribution in [3.05, 3.63) is 88.8 Å². The molecule has 30 heavy (non-hydrogen) atoms. The smallest absolute Gasteiger partial charge is 0.258 e. The van der Waals surface area contributed by atoms with E-state index < -0.39 is 0 Å². The minimum Gasteiger partial charge on any atom is -0.325 e. The van der Waals surface area contributed by atoms with Crippen LogP contribution < -0.4 is 10.9 Å². The molecule has 1 heterocycles. The minimum absolute atomic E-state index is 0.0421. The summed E-state index contributed by atoms with van der Waals surface area (Å²) >= 11 is 0. The molecule has 0 saturated heterocycles. The van der Waals surface area contributed by atoms with Crippen LogP contribution in [0.2, 0.25) is 0 Å². The Bertz CT molecular complexity index is 1270. The van der Waals surface area contributed by atoms with Crippen LogP contribution in [0.3, 0.4) is 0 Å². The molecule has 5 heteroatoms. The van der Waals surface area contributed by atoms with Gasteiger partial charge in [0.2, 0.25) is 5.91 Å². The number of pyridine rings is 1. The van der Waals surface area contributed by atoms with Crippen molar-refractivity contribution in [2.24, 2.45) is 0 Å². The van der Waals surface area contributed by atoms with Crippen molar-refractivity contribution in [2.75, 3.05) is 26.0 Å². The van der Waals surface area contributed by atoms with Gasteiger partial charge in [-0.05, 0) is 48.6 Å². The van der Waals surface area contributed by atoms with Crippen LogP contribution in [0.1, 0.15) is 5.56 Å². The van der Waals surface area contributed by atoms with Gasteiger partial charge >= 0.3 is 0 Å². The monoisotopic (exact) mass is 399 g/mol. The molecule has 1 amide bonds. The lowest BCUT2D eigenvalue weighted by atomic mass is 10.0. The van der Waals surface area contributed by atoms with Crippen molar-refractivity contribution >= 4 is 33.1 Å². The van der Waals surface area contributed by atoms with Crippen LogP contribution in [0.5, 0.6) is 0 Å². The zero-order chi connectivity index (χ0) is 21.1. The highest BCUT2D eigenvalue weighted by Gasteiger charge is 2.11. The lowest BCUT2D eigenvalue weighted by Crippen LogP contribution is -2.26. The van der Waals surface area contributed by atoms with Crippen LogP contribution in [0, 0.1) is 0 Å². The minimum atomic E-state index is -0.101. The predicted molar refractivity (Wildman–Crippen MR) is 123 cm³/mol. The average Bonchev–Trinajstić information content (AvgIpc) is 2.74. The second-order valence-corrected chi connectivity index (χ2v) is 7.75. The summed E-state index contributed by atoms with van der Waals surface area (Å²) < 4.78 is 1.71. The van der Waals surface area contributed by atoms with E-state index in [2.05, 4.69) is 5.32 Å². The van der Waals surface area contributed by atoms with Gasteiger partial charge in [-0.15, -0.1) is 0 Å². The summed E-state index contributed by atoms with van der Waals surface area (Å²) in [6.07, 6.45) is 2.08. The molecule has 1 aromatic heterocycles. The third-order valence-electron chi connectivity index (χ3n) is 5.31. The lowest BCUT2D eigenvalue weighted by molar-refractivity contribution is -0.115. The van der Waals surface area contributed by atoms with Gasteiger partial charge in [0.25, 0.3) is 5.56 Å². The van der Waals surface area contributed by atoms with Crippen molar-refractivity contribution in [1.29, 1.82) is 0 Å². The van der Waals surface area contributed by atoms with Crippen LogP contribution >= 0.6 is 0 Å². The van der Waals surface area contributed by atoms with Crippen LogP contribution in [0.15, 0.2) is 77.7 Å². The molecule has 0 radical (unpaired) electrons. The van der Waals surface area contributed by atoms with Crippen LogP contribution in [0.4, 0.5) is 5.69 Å². The fourth-order valence-corrected chi connectivity index (χ4v) is 3.73. The molecule has 152 valence electrons. The number of aromatic nitrogens is 1. The van der Waals surface area contributed by atoms with Crippen molar-refractivity contribution < 1.29 is 4.79 Å². The number of likely N-dealkylation sites (N-methyl/N-ethyl adjacent to an activating group) is 1. The van der Waals surface area contributed by atoms with Crippen LogP contribution in [-0.2, 0) is 17.8 Å².